The van der Waals surface area contributed by atoms with Gasteiger partial charge in [0.2, 0.25) is 0 Å². The van der Waals surface area contributed by atoms with E-state index in [1.54, 1.807) is 0 Å². The summed E-state index contributed by atoms with van der Waals surface area (Å²) in [4.78, 5) is 5.47. The molecule has 8 aromatic carbocycles. The Balaban J connectivity index is 1.12. The lowest BCUT2D eigenvalue weighted by Gasteiger charge is -2.30. The molecule has 0 bridgehead atoms. The number of nitrogens with zero attached hydrogens (tertiary/aromatic N) is 2. The summed E-state index contributed by atoms with van der Waals surface area (Å²) in [6.45, 7) is 0. The normalized spacial score (nSPS) is 17.4. The molecule has 2 aliphatic rings. The predicted molar refractivity (Wildman–Crippen MR) is 225 cm³/mol. The highest BCUT2D eigenvalue weighted by molar-refractivity contribution is 6.37. The molecule has 1 aromatic heterocycles. The second-order valence-electron chi connectivity index (χ2n) is 14.3. The highest BCUT2D eigenvalue weighted by atomic mass is 15.1. The van der Waals surface area contributed by atoms with Gasteiger partial charge in [0.1, 0.15) is 6.17 Å². The maximum Gasteiger partial charge on any atom is 0.126 e. The maximum atomic E-state index is 5.47. The Hall–Kier alpha value is -6.71. The van der Waals surface area contributed by atoms with Crippen LogP contribution < -0.4 is 5.32 Å². The van der Waals surface area contributed by atoms with Crippen molar-refractivity contribution in [3.05, 3.63) is 193 Å². The van der Waals surface area contributed by atoms with E-state index in [4.69, 9.17) is 4.99 Å². The first kappa shape index (κ1) is 30.0. The quantitative estimate of drug-likeness (QED) is 0.185. The zero-order chi connectivity index (χ0) is 34.9. The van der Waals surface area contributed by atoms with E-state index in [0.717, 1.165) is 29.0 Å². The molecule has 11 rings (SSSR count). The van der Waals surface area contributed by atoms with Crippen LogP contribution in [0.1, 0.15) is 17.5 Å². The van der Waals surface area contributed by atoms with Crippen molar-refractivity contribution < 1.29 is 0 Å². The number of fused-ring (bicyclic) bond motifs is 11. The first-order valence-corrected chi connectivity index (χ1v) is 18.5. The number of aromatic nitrogens is 1. The van der Waals surface area contributed by atoms with Crippen molar-refractivity contribution >= 4 is 82.0 Å². The Labute approximate surface area is 307 Å². The molecule has 3 nitrogen and oxygen atoms in total. The van der Waals surface area contributed by atoms with E-state index < -0.39 is 0 Å². The third kappa shape index (κ3) is 4.78. The number of rotatable bonds is 4. The van der Waals surface area contributed by atoms with Crippen LogP contribution >= 0.6 is 0 Å². The molecule has 0 fully saturated rings. The van der Waals surface area contributed by atoms with Crippen LogP contribution in [0.4, 0.5) is 0 Å². The molecule has 3 heteroatoms. The Morgan fingerprint density at radius 2 is 1.25 bits per heavy atom. The first-order chi connectivity index (χ1) is 26.3. The van der Waals surface area contributed by atoms with Gasteiger partial charge in [-0.3, -0.25) is 4.99 Å². The number of hydrogen-bond acceptors (Lipinski definition) is 2. The molecular weight excluding hydrogens is 643 g/mol. The SMILES string of the molecule is C1=CC(n2c3ccccc3c3c4c5ccccc5ccc4c4ccccc4c32)=CC(C2N=C(c3ccc4ccccc4c3)C=C(c3ccccc3)N2)C1. The molecule has 1 aliphatic carbocycles. The van der Waals surface area contributed by atoms with Gasteiger partial charge in [-0.1, -0.05) is 158 Å². The van der Waals surface area contributed by atoms with Gasteiger partial charge >= 0.3 is 0 Å². The van der Waals surface area contributed by atoms with Crippen molar-refractivity contribution in [1.29, 1.82) is 0 Å². The van der Waals surface area contributed by atoms with E-state index in [9.17, 15) is 0 Å². The van der Waals surface area contributed by atoms with Gasteiger partial charge in [-0.05, 0) is 68.6 Å². The number of aliphatic imine (C=N–C) groups is 1. The van der Waals surface area contributed by atoms with Crippen molar-refractivity contribution in [3.63, 3.8) is 0 Å². The molecule has 0 saturated carbocycles. The van der Waals surface area contributed by atoms with Crippen LogP contribution in [-0.2, 0) is 0 Å². The van der Waals surface area contributed by atoms with E-state index >= 15 is 0 Å². The molecule has 0 radical (unpaired) electrons. The molecular formula is C50H35N3. The standard InChI is InChI=1S/C50H35N3/c1-2-15-34(16-3-1)44-31-45(36-26-25-32-13-4-5-17-35(32)29-36)52-50(51-44)37-18-12-19-38(30-37)53-46-24-11-10-23-43(46)48-47-39-20-7-6-14-33(39)27-28-41(47)40-21-8-9-22-42(40)49(48)53/h1-17,19-31,37,50-51H,18H2. The minimum atomic E-state index is -0.147. The molecule has 53 heavy (non-hydrogen) atoms. The van der Waals surface area contributed by atoms with Crippen molar-refractivity contribution in [2.75, 3.05) is 0 Å². The smallest absolute Gasteiger partial charge is 0.126 e. The summed E-state index contributed by atoms with van der Waals surface area (Å²) in [6, 6.07) is 57.2. The summed E-state index contributed by atoms with van der Waals surface area (Å²) < 4.78 is 2.52. The molecule has 0 spiro atoms. The summed E-state index contributed by atoms with van der Waals surface area (Å²) in [7, 11) is 0. The molecule has 1 aliphatic heterocycles. The Morgan fingerprint density at radius 3 is 2.11 bits per heavy atom. The third-order valence-electron chi connectivity index (χ3n) is 11.3. The summed E-state index contributed by atoms with van der Waals surface area (Å²) in [5.74, 6) is 0.127. The second-order valence-corrected chi connectivity index (χ2v) is 14.3. The van der Waals surface area contributed by atoms with Gasteiger partial charge in [-0.25, -0.2) is 0 Å². The Bertz CT molecular complexity index is 3070. The fourth-order valence-electron chi connectivity index (χ4n) is 8.81. The average molecular weight is 678 g/mol. The summed E-state index contributed by atoms with van der Waals surface area (Å²) in [5.41, 5.74) is 8.04. The van der Waals surface area contributed by atoms with E-state index in [0.29, 0.717) is 0 Å². The molecule has 250 valence electrons. The summed E-state index contributed by atoms with van der Waals surface area (Å²) >= 11 is 0. The van der Waals surface area contributed by atoms with Crippen LogP contribution in [0.5, 0.6) is 0 Å². The fraction of sp³-hybridized carbons (Fsp3) is 0.0600. The first-order valence-electron chi connectivity index (χ1n) is 18.5. The van der Waals surface area contributed by atoms with Crippen LogP contribution in [0.2, 0.25) is 0 Å². The summed E-state index contributed by atoms with van der Waals surface area (Å²) in [6.07, 6.45) is 10.1. The van der Waals surface area contributed by atoms with Gasteiger partial charge in [0.05, 0.1) is 16.7 Å². The molecule has 9 aromatic rings. The van der Waals surface area contributed by atoms with Gasteiger partial charge in [-0.15, -0.1) is 0 Å². The molecule has 2 heterocycles. The Kier molecular flexibility index (Phi) is 6.75. The van der Waals surface area contributed by atoms with E-state index in [1.165, 1.54) is 70.6 Å². The van der Waals surface area contributed by atoms with E-state index in [2.05, 4.69) is 192 Å². The van der Waals surface area contributed by atoms with Gasteiger partial charge in [-0.2, -0.15) is 0 Å². The number of nitrogens with one attached hydrogen (secondary N) is 1. The molecule has 2 atom stereocenters. The minimum absolute atomic E-state index is 0.127. The molecule has 0 saturated heterocycles. The van der Waals surface area contributed by atoms with E-state index in [-0.39, 0.29) is 12.1 Å². The molecule has 2 unspecified atom stereocenters. The summed E-state index contributed by atoms with van der Waals surface area (Å²) in [5, 5.41) is 16.6. The van der Waals surface area contributed by atoms with E-state index in [1.807, 2.05) is 0 Å². The van der Waals surface area contributed by atoms with Gasteiger partial charge in [0.25, 0.3) is 0 Å². The second kappa shape index (κ2) is 11.9. The lowest BCUT2D eigenvalue weighted by molar-refractivity contribution is 0.470. The minimum Gasteiger partial charge on any atom is -0.363 e. The zero-order valence-corrected chi connectivity index (χ0v) is 29.1. The van der Waals surface area contributed by atoms with Crippen molar-refractivity contribution in [1.82, 2.24) is 9.88 Å². The maximum absolute atomic E-state index is 5.47. The van der Waals surface area contributed by atoms with Crippen molar-refractivity contribution in [3.8, 4) is 0 Å². The molecule has 1 N–H and O–H groups in total. The number of allylic oxidation sites excluding steroid dienone is 4. The van der Waals surface area contributed by atoms with Crippen molar-refractivity contribution in [2.24, 2.45) is 10.9 Å². The predicted octanol–water partition coefficient (Wildman–Crippen LogP) is 12.3. The molecule has 0 amide bonds. The Morgan fingerprint density at radius 1 is 0.547 bits per heavy atom. The van der Waals surface area contributed by atoms with Crippen molar-refractivity contribution in [2.45, 2.75) is 12.6 Å². The lowest BCUT2D eigenvalue weighted by Crippen LogP contribution is -2.37. The number of para-hydroxylation sites is 1. The van der Waals surface area contributed by atoms with Crippen LogP contribution in [-0.4, -0.2) is 16.4 Å². The topological polar surface area (TPSA) is 29.3 Å². The van der Waals surface area contributed by atoms with Gasteiger partial charge < -0.3 is 9.88 Å². The van der Waals surface area contributed by atoms with Crippen LogP contribution in [0.3, 0.4) is 0 Å². The number of benzene rings is 8. The number of hydrogen-bond donors (Lipinski definition) is 1. The van der Waals surface area contributed by atoms with Crippen LogP contribution in [0.15, 0.2) is 187 Å². The monoisotopic (exact) mass is 677 g/mol. The highest BCUT2D eigenvalue weighted by Gasteiger charge is 2.28. The lowest BCUT2D eigenvalue weighted by atomic mass is 9.92. The van der Waals surface area contributed by atoms with Crippen LogP contribution in [0.25, 0.3) is 76.3 Å². The zero-order valence-electron chi connectivity index (χ0n) is 29.1. The van der Waals surface area contributed by atoms with Gasteiger partial charge in [0, 0.05) is 44.4 Å². The van der Waals surface area contributed by atoms with Crippen LogP contribution in [0, 0.1) is 5.92 Å². The average Bonchev–Trinajstić information content (AvgIpc) is 3.59. The van der Waals surface area contributed by atoms with Gasteiger partial charge in [0.15, 0.2) is 0 Å². The largest absolute Gasteiger partial charge is 0.363 e. The highest BCUT2D eigenvalue weighted by Crippen LogP contribution is 2.45. The fourth-order valence-corrected chi connectivity index (χ4v) is 8.81. The third-order valence-corrected chi connectivity index (χ3v) is 11.3.